The first-order chi connectivity index (χ1) is 20.9. The van der Waals surface area contributed by atoms with Crippen LogP contribution in [0.15, 0.2) is 152 Å². The van der Waals surface area contributed by atoms with Gasteiger partial charge in [-0.05, 0) is 59.2 Å². The number of anilines is 2. The number of para-hydroxylation sites is 2. The second-order valence-corrected chi connectivity index (χ2v) is 11.2. The molecule has 0 bridgehead atoms. The number of hydrogen-bond donors (Lipinski definition) is 0. The van der Waals surface area contributed by atoms with Gasteiger partial charge in [-0.2, -0.15) is 0 Å². The summed E-state index contributed by atoms with van der Waals surface area (Å²) < 4.78 is 2.48. The lowest BCUT2D eigenvalue weighted by atomic mass is 9.91. The summed E-state index contributed by atoms with van der Waals surface area (Å²) in [6.45, 7) is 0. The van der Waals surface area contributed by atoms with Gasteiger partial charge in [0, 0.05) is 39.6 Å². The van der Waals surface area contributed by atoms with Crippen LogP contribution in [0.3, 0.4) is 0 Å². The lowest BCUT2D eigenvalue weighted by Crippen LogP contribution is -2.28. The van der Waals surface area contributed by atoms with E-state index in [-0.39, 0.29) is 6.04 Å². The Hall–Kier alpha value is -5.41. The van der Waals surface area contributed by atoms with E-state index in [1.165, 1.54) is 49.9 Å². The molecule has 2 aliphatic rings. The van der Waals surface area contributed by atoms with Crippen molar-refractivity contribution in [1.29, 1.82) is 0 Å². The summed E-state index contributed by atoms with van der Waals surface area (Å²) in [5, 5.41) is 3.71. The summed E-state index contributed by atoms with van der Waals surface area (Å²) in [6, 6.07) is 44.1. The molecule has 0 saturated carbocycles. The van der Waals surface area contributed by atoms with E-state index >= 15 is 0 Å². The molecule has 2 unspecified atom stereocenters. The molecule has 3 heteroatoms. The fraction of sp³-hybridized carbons (Fsp3) is 0.0513. The molecule has 3 heterocycles. The molecule has 42 heavy (non-hydrogen) atoms. The minimum atomic E-state index is 0.235. The zero-order valence-electron chi connectivity index (χ0n) is 22.9. The molecular formula is C39H27N3. The van der Waals surface area contributed by atoms with E-state index < -0.39 is 0 Å². The lowest BCUT2D eigenvalue weighted by molar-refractivity contribution is 0.745. The molecule has 0 N–H and O–H groups in total. The van der Waals surface area contributed by atoms with E-state index in [1.807, 2.05) is 12.3 Å². The van der Waals surface area contributed by atoms with Gasteiger partial charge in [0.15, 0.2) is 0 Å². The van der Waals surface area contributed by atoms with Crippen LogP contribution in [-0.2, 0) is 0 Å². The summed E-state index contributed by atoms with van der Waals surface area (Å²) in [6.07, 6.45) is 11.0. The number of rotatable bonds is 3. The van der Waals surface area contributed by atoms with Crippen LogP contribution in [-0.4, -0.2) is 15.6 Å². The Bertz CT molecular complexity index is 2220. The third-order valence-electron chi connectivity index (χ3n) is 8.94. The first-order valence-electron chi connectivity index (χ1n) is 14.6. The van der Waals surface area contributed by atoms with Crippen LogP contribution < -0.4 is 4.90 Å². The van der Waals surface area contributed by atoms with Crippen LogP contribution >= 0.6 is 0 Å². The Kier molecular flexibility index (Phi) is 5.02. The van der Waals surface area contributed by atoms with E-state index in [0.29, 0.717) is 5.92 Å². The molecule has 7 aromatic rings. The number of hydrogen-bond acceptors (Lipinski definition) is 2. The molecule has 0 fully saturated rings. The van der Waals surface area contributed by atoms with Crippen molar-refractivity contribution in [2.24, 2.45) is 0 Å². The SMILES string of the molecule is C1=CC2c3ccc4c5ccccc5n(-c5cccc(-c6cccc7ncccc67)c5)c4c3N(c3ccccc3)C2C=C1. The number of pyridine rings is 1. The maximum atomic E-state index is 4.61. The Morgan fingerprint density at radius 2 is 1.40 bits per heavy atom. The topological polar surface area (TPSA) is 21.1 Å². The van der Waals surface area contributed by atoms with E-state index in [0.717, 1.165) is 16.6 Å². The molecule has 5 aromatic carbocycles. The minimum Gasteiger partial charge on any atom is -0.332 e. The standard InChI is InChI=1S/C39H27N3/c1-2-12-27(13-3-1)41-36-20-6-4-15-31(36)33-22-23-34-32-16-5-7-21-37(32)42(39(34)38(33)41)28-14-8-11-26(25-28)29-17-9-19-35-30(29)18-10-24-40-35/h1-25,31,36H. The second-order valence-electron chi connectivity index (χ2n) is 11.2. The van der Waals surface area contributed by atoms with Crippen LogP contribution in [0.5, 0.6) is 0 Å². The maximum Gasteiger partial charge on any atom is 0.0782 e. The third-order valence-corrected chi connectivity index (χ3v) is 8.94. The average molecular weight is 538 g/mol. The van der Waals surface area contributed by atoms with Gasteiger partial charge in [-0.1, -0.05) is 103 Å². The van der Waals surface area contributed by atoms with Gasteiger partial charge in [0.1, 0.15) is 0 Å². The van der Waals surface area contributed by atoms with Crippen molar-refractivity contribution in [3.8, 4) is 16.8 Å². The Labute approximate surface area is 244 Å². The number of fused-ring (bicyclic) bond motifs is 8. The predicted octanol–water partition coefficient (Wildman–Crippen LogP) is 9.73. The van der Waals surface area contributed by atoms with Gasteiger partial charge in [-0.3, -0.25) is 4.98 Å². The van der Waals surface area contributed by atoms with Gasteiger partial charge < -0.3 is 9.47 Å². The maximum absolute atomic E-state index is 4.61. The van der Waals surface area contributed by atoms with Crippen LogP contribution in [0, 0.1) is 0 Å². The monoisotopic (exact) mass is 537 g/mol. The number of allylic oxidation sites excluding steroid dienone is 2. The number of benzene rings is 5. The van der Waals surface area contributed by atoms with Crippen LogP contribution in [0.25, 0.3) is 49.5 Å². The van der Waals surface area contributed by atoms with Crippen molar-refractivity contribution in [2.75, 3.05) is 4.90 Å². The Morgan fingerprint density at radius 1 is 0.595 bits per heavy atom. The second kappa shape index (κ2) is 9.05. The largest absolute Gasteiger partial charge is 0.332 e. The van der Waals surface area contributed by atoms with Crippen molar-refractivity contribution >= 4 is 44.1 Å². The molecule has 3 nitrogen and oxygen atoms in total. The molecule has 1 aliphatic carbocycles. The van der Waals surface area contributed by atoms with Gasteiger partial charge in [-0.15, -0.1) is 0 Å². The zero-order chi connectivity index (χ0) is 27.6. The smallest absolute Gasteiger partial charge is 0.0782 e. The van der Waals surface area contributed by atoms with Gasteiger partial charge >= 0.3 is 0 Å². The molecule has 0 amide bonds. The minimum absolute atomic E-state index is 0.235. The van der Waals surface area contributed by atoms with Gasteiger partial charge in [0.25, 0.3) is 0 Å². The fourth-order valence-corrected chi connectivity index (χ4v) is 7.18. The quantitative estimate of drug-likeness (QED) is 0.224. The molecule has 1 aliphatic heterocycles. The van der Waals surface area contributed by atoms with Crippen molar-refractivity contribution in [3.63, 3.8) is 0 Å². The zero-order valence-corrected chi connectivity index (χ0v) is 22.9. The van der Waals surface area contributed by atoms with Crippen molar-refractivity contribution in [1.82, 2.24) is 9.55 Å². The molecule has 198 valence electrons. The normalized spacial score (nSPS) is 17.3. The fourth-order valence-electron chi connectivity index (χ4n) is 7.18. The van der Waals surface area contributed by atoms with Crippen LogP contribution in [0.4, 0.5) is 11.4 Å². The van der Waals surface area contributed by atoms with E-state index in [4.69, 9.17) is 0 Å². The molecule has 2 atom stereocenters. The molecule has 0 spiro atoms. The summed E-state index contributed by atoms with van der Waals surface area (Å²) in [7, 11) is 0. The highest BCUT2D eigenvalue weighted by Gasteiger charge is 2.39. The summed E-state index contributed by atoms with van der Waals surface area (Å²) in [5.74, 6) is 0.301. The van der Waals surface area contributed by atoms with Crippen molar-refractivity contribution < 1.29 is 0 Å². The van der Waals surface area contributed by atoms with Gasteiger partial charge in [-0.25, -0.2) is 0 Å². The molecule has 9 rings (SSSR count). The average Bonchev–Trinajstić information content (AvgIpc) is 3.58. The lowest BCUT2D eigenvalue weighted by Gasteiger charge is -2.29. The Balaban J connectivity index is 1.36. The molecule has 0 radical (unpaired) electrons. The third kappa shape index (κ3) is 3.31. The van der Waals surface area contributed by atoms with E-state index in [9.17, 15) is 0 Å². The highest BCUT2D eigenvalue weighted by Crippen LogP contribution is 2.52. The van der Waals surface area contributed by atoms with Crippen molar-refractivity contribution in [2.45, 2.75) is 12.0 Å². The summed E-state index contributed by atoms with van der Waals surface area (Å²) >= 11 is 0. The number of aromatic nitrogens is 2. The van der Waals surface area contributed by atoms with Crippen LogP contribution in [0.2, 0.25) is 0 Å². The van der Waals surface area contributed by atoms with E-state index in [1.54, 1.807) is 0 Å². The summed E-state index contributed by atoms with van der Waals surface area (Å²) in [4.78, 5) is 7.17. The first-order valence-corrected chi connectivity index (χ1v) is 14.6. The highest BCUT2D eigenvalue weighted by molar-refractivity contribution is 6.15. The predicted molar refractivity (Wildman–Crippen MR) is 175 cm³/mol. The van der Waals surface area contributed by atoms with Gasteiger partial charge in [0.2, 0.25) is 0 Å². The summed E-state index contributed by atoms with van der Waals surface area (Å²) in [5.41, 5.74) is 10.9. The van der Waals surface area contributed by atoms with Gasteiger partial charge in [0.05, 0.1) is 28.3 Å². The van der Waals surface area contributed by atoms with E-state index in [2.05, 4.69) is 154 Å². The highest BCUT2D eigenvalue weighted by atomic mass is 15.2. The molecular weight excluding hydrogens is 510 g/mol. The molecule has 0 saturated heterocycles. The Morgan fingerprint density at radius 3 is 2.36 bits per heavy atom. The first kappa shape index (κ1) is 23.3. The molecule has 2 aromatic heterocycles. The van der Waals surface area contributed by atoms with Crippen LogP contribution in [0.1, 0.15) is 11.5 Å². The van der Waals surface area contributed by atoms with Crippen molar-refractivity contribution in [3.05, 3.63) is 157 Å². The number of nitrogens with zero attached hydrogens (tertiary/aromatic N) is 3.